The first-order valence-electron chi connectivity index (χ1n) is 10.2. The number of carbonyl (C=O) groups excluding carboxylic acids is 1. The fraction of sp³-hybridized carbons (Fsp3) is 0.208. The Bertz CT molecular complexity index is 1250. The SMILES string of the molecule is Cc1cc(Br)cc(C)c1OCC(=O)Nc1ccc(S(=O)(=O)N2CCc3ccccc32)cc1. The van der Waals surface area contributed by atoms with Crippen LogP contribution in [-0.2, 0) is 21.2 Å². The van der Waals surface area contributed by atoms with Crippen molar-refractivity contribution in [2.24, 2.45) is 0 Å². The topological polar surface area (TPSA) is 75.7 Å². The van der Waals surface area contributed by atoms with Gasteiger partial charge in [0.1, 0.15) is 5.75 Å². The second-order valence-electron chi connectivity index (χ2n) is 7.69. The lowest BCUT2D eigenvalue weighted by Gasteiger charge is -2.19. The zero-order valence-electron chi connectivity index (χ0n) is 17.8. The molecule has 1 aliphatic heterocycles. The van der Waals surface area contributed by atoms with Gasteiger partial charge in [-0.05, 0) is 79.4 Å². The number of nitrogens with zero attached hydrogens (tertiary/aromatic N) is 1. The molecule has 166 valence electrons. The predicted molar refractivity (Wildman–Crippen MR) is 129 cm³/mol. The normalized spacial score (nSPS) is 13.0. The Morgan fingerprint density at radius 1 is 1.06 bits per heavy atom. The zero-order chi connectivity index (χ0) is 22.9. The van der Waals surface area contributed by atoms with E-state index in [0.29, 0.717) is 24.4 Å². The highest BCUT2D eigenvalue weighted by molar-refractivity contribution is 9.10. The van der Waals surface area contributed by atoms with Gasteiger partial charge in [0.15, 0.2) is 6.61 Å². The average molecular weight is 515 g/mol. The summed E-state index contributed by atoms with van der Waals surface area (Å²) in [6.45, 7) is 4.12. The number of nitrogens with one attached hydrogen (secondary N) is 1. The summed E-state index contributed by atoms with van der Waals surface area (Å²) < 4.78 is 34.3. The maximum absolute atomic E-state index is 13.1. The summed E-state index contributed by atoms with van der Waals surface area (Å²) >= 11 is 3.44. The summed E-state index contributed by atoms with van der Waals surface area (Å²) in [7, 11) is -3.66. The Morgan fingerprint density at radius 3 is 2.41 bits per heavy atom. The number of carbonyl (C=O) groups is 1. The minimum absolute atomic E-state index is 0.145. The van der Waals surface area contributed by atoms with Crippen molar-refractivity contribution in [1.82, 2.24) is 0 Å². The lowest BCUT2D eigenvalue weighted by atomic mass is 10.1. The molecule has 0 fully saturated rings. The highest BCUT2D eigenvalue weighted by atomic mass is 79.9. The van der Waals surface area contributed by atoms with Gasteiger partial charge in [-0.2, -0.15) is 0 Å². The second-order valence-corrected chi connectivity index (χ2v) is 10.5. The van der Waals surface area contributed by atoms with E-state index in [1.165, 1.54) is 16.4 Å². The Kier molecular flexibility index (Phi) is 6.26. The van der Waals surface area contributed by atoms with Gasteiger partial charge < -0.3 is 10.1 Å². The highest BCUT2D eigenvalue weighted by Crippen LogP contribution is 2.33. The molecular formula is C24H23BrN2O4S. The second kappa shape index (κ2) is 8.96. The third kappa shape index (κ3) is 4.52. The molecule has 1 heterocycles. The number of anilines is 2. The van der Waals surface area contributed by atoms with Gasteiger partial charge in [-0.15, -0.1) is 0 Å². The maximum atomic E-state index is 13.1. The molecule has 0 saturated carbocycles. The van der Waals surface area contributed by atoms with E-state index in [1.807, 2.05) is 50.2 Å². The minimum Gasteiger partial charge on any atom is -0.483 e. The quantitative estimate of drug-likeness (QED) is 0.510. The van der Waals surface area contributed by atoms with Crippen LogP contribution in [-0.4, -0.2) is 27.5 Å². The van der Waals surface area contributed by atoms with Crippen LogP contribution >= 0.6 is 15.9 Å². The smallest absolute Gasteiger partial charge is 0.264 e. The van der Waals surface area contributed by atoms with Crippen LogP contribution < -0.4 is 14.4 Å². The summed E-state index contributed by atoms with van der Waals surface area (Å²) in [5.74, 6) is 0.353. The van der Waals surface area contributed by atoms with Crippen LogP contribution in [0.15, 0.2) is 70.0 Å². The average Bonchev–Trinajstić information content (AvgIpc) is 3.18. The molecule has 8 heteroatoms. The Balaban J connectivity index is 1.41. The maximum Gasteiger partial charge on any atom is 0.264 e. The predicted octanol–water partition coefficient (Wildman–Crippen LogP) is 4.83. The Labute approximate surface area is 196 Å². The lowest BCUT2D eigenvalue weighted by molar-refractivity contribution is -0.118. The summed E-state index contributed by atoms with van der Waals surface area (Å²) in [4.78, 5) is 12.5. The van der Waals surface area contributed by atoms with E-state index in [0.717, 1.165) is 26.9 Å². The van der Waals surface area contributed by atoms with Crippen LogP contribution in [0.2, 0.25) is 0 Å². The van der Waals surface area contributed by atoms with E-state index in [4.69, 9.17) is 4.74 Å². The van der Waals surface area contributed by atoms with E-state index >= 15 is 0 Å². The molecule has 0 atom stereocenters. The van der Waals surface area contributed by atoms with Crippen molar-refractivity contribution in [1.29, 1.82) is 0 Å². The van der Waals surface area contributed by atoms with Gasteiger partial charge in [-0.3, -0.25) is 9.10 Å². The largest absolute Gasteiger partial charge is 0.483 e. The number of aryl methyl sites for hydroxylation is 2. The molecule has 6 nitrogen and oxygen atoms in total. The van der Waals surface area contributed by atoms with Gasteiger partial charge in [0.05, 0.1) is 10.6 Å². The van der Waals surface area contributed by atoms with Crippen LogP contribution in [0, 0.1) is 13.8 Å². The monoisotopic (exact) mass is 514 g/mol. The summed E-state index contributed by atoms with van der Waals surface area (Å²) in [5, 5.41) is 2.74. The molecule has 4 rings (SSSR count). The van der Waals surface area contributed by atoms with Crippen molar-refractivity contribution in [3.63, 3.8) is 0 Å². The first-order chi connectivity index (χ1) is 15.3. The number of ether oxygens (including phenoxy) is 1. The van der Waals surface area contributed by atoms with Crippen molar-refractivity contribution in [2.75, 3.05) is 22.8 Å². The molecule has 1 amide bonds. The van der Waals surface area contributed by atoms with E-state index in [1.54, 1.807) is 12.1 Å². The third-order valence-electron chi connectivity index (χ3n) is 5.34. The van der Waals surface area contributed by atoms with Crippen LogP contribution in [0.5, 0.6) is 5.75 Å². The molecule has 0 saturated heterocycles. The standard InChI is InChI=1S/C24H23BrN2O4S/c1-16-13-19(25)14-17(2)24(16)31-15-23(28)26-20-7-9-21(10-8-20)32(29,30)27-12-11-18-5-3-4-6-22(18)27/h3-10,13-14H,11-12,15H2,1-2H3,(H,26,28). The van der Waals surface area contributed by atoms with Gasteiger partial charge >= 0.3 is 0 Å². The van der Waals surface area contributed by atoms with Gasteiger partial charge in [0.2, 0.25) is 0 Å². The first-order valence-corrected chi connectivity index (χ1v) is 12.4. The van der Waals surface area contributed by atoms with Crippen LogP contribution in [0.4, 0.5) is 11.4 Å². The molecule has 0 spiro atoms. The summed E-state index contributed by atoms with van der Waals surface area (Å²) in [5.41, 5.74) is 4.12. The molecule has 32 heavy (non-hydrogen) atoms. The first kappa shape index (κ1) is 22.4. The van der Waals surface area contributed by atoms with Crippen molar-refractivity contribution in [3.8, 4) is 5.75 Å². The van der Waals surface area contributed by atoms with Crippen molar-refractivity contribution in [3.05, 3.63) is 81.8 Å². The van der Waals surface area contributed by atoms with Crippen LogP contribution in [0.1, 0.15) is 16.7 Å². The molecule has 1 N–H and O–H groups in total. The molecule has 0 bridgehead atoms. The number of benzene rings is 3. The van der Waals surface area contributed by atoms with Crippen molar-refractivity contribution < 1.29 is 17.9 Å². The minimum atomic E-state index is -3.66. The van der Waals surface area contributed by atoms with E-state index in [2.05, 4.69) is 21.2 Å². The number of para-hydroxylation sites is 1. The molecule has 3 aromatic carbocycles. The van der Waals surface area contributed by atoms with E-state index in [9.17, 15) is 13.2 Å². The van der Waals surface area contributed by atoms with E-state index < -0.39 is 10.0 Å². The third-order valence-corrected chi connectivity index (χ3v) is 7.63. The molecule has 0 radical (unpaired) electrons. The van der Waals surface area contributed by atoms with E-state index in [-0.39, 0.29) is 17.4 Å². The van der Waals surface area contributed by atoms with Crippen molar-refractivity contribution in [2.45, 2.75) is 25.2 Å². The molecule has 0 aromatic heterocycles. The van der Waals surface area contributed by atoms with Gasteiger partial charge in [-0.25, -0.2) is 8.42 Å². The van der Waals surface area contributed by atoms with Crippen molar-refractivity contribution >= 4 is 43.2 Å². The summed E-state index contributed by atoms with van der Waals surface area (Å²) in [6, 6.07) is 17.6. The number of rotatable bonds is 6. The fourth-order valence-corrected chi connectivity index (χ4v) is 6.04. The van der Waals surface area contributed by atoms with Crippen LogP contribution in [0.3, 0.4) is 0 Å². The summed E-state index contributed by atoms with van der Waals surface area (Å²) in [6.07, 6.45) is 0.695. The number of hydrogen-bond donors (Lipinski definition) is 1. The Hall–Kier alpha value is -2.84. The highest BCUT2D eigenvalue weighted by Gasteiger charge is 2.30. The van der Waals surface area contributed by atoms with Crippen LogP contribution in [0.25, 0.3) is 0 Å². The molecule has 0 unspecified atom stereocenters. The molecule has 3 aromatic rings. The Morgan fingerprint density at radius 2 is 1.72 bits per heavy atom. The number of fused-ring (bicyclic) bond motifs is 1. The lowest BCUT2D eigenvalue weighted by Crippen LogP contribution is -2.29. The molecule has 1 aliphatic rings. The molecular weight excluding hydrogens is 492 g/mol. The molecule has 0 aliphatic carbocycles. The number of hydrogen-bond acceptors (Lipinski definition) is 4. The number of amides is 1. The van der Waals surface area contributed by atoms with Gasteiger partial charge in [-0.1, -0.05) is 34.1 Å². The van der Waals surface area contributed by atoms with Gasteiger partial charge in [0, 0.05) is 16.7 Å². The number of sulfonamides is 1. The zero-order valence-corrected chi connectivity index (χ0v) is 20.2. The number of halogens is 1. The van der Waals surface area contributed by atoms with Gasteiger partial charge in [0.25, 0.3) is 15.9 Å². The fourth-order valence-electron chi connectivity index (χ4n) is 3.86.